The van der Waals surface area contributed by atoms with Gasteiger partial charge in [0.1, 0.15) is 6.67 Å². The van der Waals surface area contributed by atoms with Crippen molar-refractivity contribution >= 4 is 10.0 Å². The average molecular weight is 312 g/mol. The summed E-state index contributed by atoms with van der Waals surface area (Å²) >= 11 is 0. The third-order valence-electron chi connectivity index (χ3n) is 4.97. The molecule has 3 atom stereocenters. The number of nitrogens with one attached hydrogen (secondary N) is 2. The molecule has 2 fully saturated rings. The van der Waals surface area contributed by atoms with Crippen LogP contribution in [0, 0.1) is 11.3 Å². The molecule has 0 bridgehead atoms. The second-order valence-corrected chi connectivity index (χ2v) is 8.30. The molecule has 0 radical (unpaired) electrons. The number of hydrogen-bond donors (Lipinski definition) is 2. The van der Waals surface area contributed by atoms with Crippen LogP contribution >= 0.6 is 0 Å². The topological polar surface area (TPSA) is 58.2 Å². The van der Waals surface area contributed by atoms with Crippen LogP contribution in [0.15, 0.2) is 29.2 Å². The van der Waals surface area contributed by atoms with Crippen molar-refractivity contribution in [3.63, 3.8) is 0 Å². The van der Waals surface area contributed by atoms with Gasteiger partial charge in [0.25, 0.3) is 0 Å². The zero-order chi connectivity index (χ0) is 15.3. The number of sulfonamides is 1. The molecule has 1 heterocycles. The first-order valence-corrected chi connectivity index (χ1v) is 8.75. The molecule has 1 aliphatic heterocycles. The van der Waals surface area contributed by atoms with Gasteiger partial charge in [0.15, 0.2) is 0 Å². The molecule has 1 aromatic carbocycles. The van der Waals surface area contributed by atoms with Crippen LogP contribution in [0.4, 0.5) is 4.39 Å². The molecule has 2 aliphatic rings. The minimum absolute atomic E-state index is 0.0525. The molecule has 3 unspecified atom stereocenters. The van der Waals surface area contributed by atoms with Crippen LogP contribution in [-0.4, -0.2) is 27.0 Å². The largest absolute Gasteiger partial charge is 0.313 e. The Kier molecular flexibility index (Phi) is 3.58. The predicted molar refractivity (Wildman–Crippen MR) is 79.0 cm³/mol. The van der Waals surface area contributed by atoms with E-state index in [0.29, 0.717) is 17.5 Å². The molecule has 2 N–H and O–H groups in total. The van der Waals surface area contributed by atoms with Crippen molar-refractivity contribution in [1.29, 1.82) is 0 Å². The highest BCUT2D eigenvalue weighted by atomic mass is 32.2. The van der Waals surface area contributed by atoms with Crippen molar-refractivity contribution in [2.45, 2.75) is 43.9 Å². The molecule has 1 aromatic rings. The number of fused-ring (bicyclic) bond motifs is 1. The fourth-order valence-electron chi connectivity index (χ4n) is 3.76. The SMILES string of the molecule is CC1(C)C2NCCC2C1NS(=O)(=O)c1ccc(CF)cc1. The van der Waals surface area contributed by atoms with E-state index >= 15 is 0 Å². The maximum absolute atomic E-state index is 12.5. The Morgan fingerprint density at radius 2 is 2.00 bits per heavy atom. The quantitative estimate of drug-likeness (QED) is 0.891. The van der Waals surface area contributed by atoms with Gasteiger partial charge in [-0.3, -0.25) is 0 Å². The van der Waals surface area contributed by atoms with Crippen molar-refractivity contribution < 1.29 is 12.8 Å². The summed E-state index contributed by atoms with van der Waals surface area (Å²) in [7, 11) is -3.56. The molecule has 4 nitrogen and oxygen atoms in total. The average Bonchev–Trinajstić information content (AvgIpc) is 2.92. The van der Waals surface area contributed by atoms with E-state index in [4.69, 9.17) is 0 Å². The van der Waals surface area contributed by atoms with Crippen LogP contribution < -0.4 is 10.0 Å². The van der Waals surface area contributed by atoms with Gasteiger partial charge in [-0.2, -0.15) is 0 Å². The van der Waals surface area contributed by atoms with Crippen LogP contribution in [0.25, 0.3) is 0 Å². The van der Waals surface area contributed by atoms with Crippen LogP contribution in [0.5, 0.6) is 0 Å². The van der Waals surface area contributed by atoms with Crippen molar-refractivity contribution in [3.05, 3.63) is 29.8 Å². The second-order valence-electron chi connectivity index (χ2n) is 6.58. The smallest absolute Gasteiger partial charge is 0.240 e. The van der Waals surface area contributed by atoms with E-state index in [2.05, 4.69) is 23.9 Å². The van der Waals surface area contributed by atoms with E-state index in [0.717, 1.165) is 13.0 Å². The number of alkyl halides is 1. The summed E-state index contributed by atoms with van der Waals surface area (Å²) in [5.41, 5.74) is 0.394. The second kappa shape index (κ2) is 5.04. The molecule has 3 rings (SSSR count). The van der Waals surface area contributed by atoms with Gasteiger partial charge in [0.2, 0.25) is 10.0 Å². The highest BCUT2D eigenvalue weighted by Gasteiger charge is 2.58. The van der Waals surface area contributed by atoms with Crippen LogP contribution in [0.2, 0.25) is 0 Å². The van der Waals surface area contributed by atoms with Gasteiger partial charge < -0.3 is 5.32 Å². The number of rotatable bonds is 4. The Morgan fingerprint density at radius 3 is 2.62 bits per heavy atom. The Balaban J connectivity index is 1.79. The molecule has 0 spiro atoms. The molecular weight excluding hydrogens is 291 g/mol. The number of benzene rings is 1. The summed E-state index contributed by atoms with van der Waals surface area (Å²) in [4.78, 5) is 0.199. The Morgan fingerprint density at radius 1 is 1.33 bits per heavy atom. The van der Waals surface area contributed by atoms with Crippen molar-refractivity contribution in [1.82, 2.24) is 10.0 Å². The molecule has 0 amide bonds. The van der Waals surface area contributed by atoms with Gasteiger partial charge >= 0.3 is 0 Å². The fraction of sp³-hybridized carbons (Fsp3) is 0.600. The van der Waals surface area contributed by atoms with Gasteiger partial charge in [0.05, 0.1) is 4.90 Å². The number of hydrogen-bond acceptors (Lipinski definition) is 3. The lowest BCUT2D eigenvalue weighted by Gasteiger charge is -2.55. The standard InChI is InChI=1S/C15H21FN2O2S/c1-15(2)13-12(7-8-17-13)14(15)18-21(19,20)11-5-3-10(9-16)4-6-11/h3-6,12-14,17-18H,7-9H2,1-2H3. The van der Waals surface area contributed by atoms with Gasteiger partial charge in [-0.05, 0) is 42.0 Å². The fourth-order valence-corrected chi connectivity index (χ4v) is 5.20. The lowest BCUT2D eigenvalue weighted by molar-refractivity contribution is 0.0163. The minimum Gasteiger partial charge on any atom is -0.313 e. The van der Waals surface area contributed by atoms with Crippen LogP contribution in [0.3, 0.4) is 0 Å². The van der Waals surface area contributed by atoms with E-state index < -0.39 is 16.7 Å². The first-order valence-electron chi connectivity index (χ1n) is 7.27. The van der Waals surface area contributed by atoms with Crippen molar-refractivity contribution in [3.8, 4) is 0 Å². The van der Waals surface area contributed by atoms with Crippen LogP contribution in [-0.2, 0) is 16.7 Å². The van der Waals surface area contributed by atoms with Crippen molar-refractivity contribution in [2.75, 3.05) is 6.54 Å². The summed E-state index contributed by atoms with van der Waals surface area (Å²) in [6, 6.07) is 6.30. The Labute approximate surface area is 125 Å². The third kappa shape index (κ3) is 2.39. The van der Waals surface area contributed by atoms with Gasteiger partial charge in [-0.15, -0.1) is 0 Å². The first-order chi connectivity index (χ1) is 9.86. The minimum atomic E-state index is -3.56. The Bertz CT molecular complexity index is 628. The van der Waals surface area contributed by atoms with Gasteiger partial charge in [-0.25, -0.2) is 17.5 Å². The molecule has 1 saturated carbocycles. The first kappa shape index (κ1) is 14.9. The Hall–Kier alpha value is -0.980. The summed E-state index contributed by atoms with van der Waals surface area (Å²) in [5.74, 6) is 0.361. The predicted octanol–water partition coefficient (Wildman–Crippen LogP) is 1.82. The van der Waals surface area contributed by atoms with Crippen molar-refractivity contribution in [2.24, 2.45) is 11.3 Å². The summed E-state index contributed by atoms with van der Waals surface area (Å²) < 4.78 is 40.3. The summed E-state index contributed by atoms with van der Waals surface area (Å²) in [6.45, 7) is 4.54. The van der Waals surface area contributed by atoms with E-state index in [-0.39, 0.29) is 16.4 Å². The van der Waals surface area contributed by atoms with Gasteiger partial charge in [-0.1, -0.05) is 26.0 Å². The number of halogens is 1. The lowest BCUT2D eigenvalue weighted by atomic mass is 9.57. The molecule has 1 saturated heterocycles. The van der Waals surface area contributed by atoms with E-state index in [9.17, 15) is 12.8 Å². The highest BCUT2D eigenvalue weighted by Crippen LogP contribution is 2.49. The zero-order valence-electron chi connectivity index (χ0n) is 12.3. The summed E-state index contributed by atoms with van der Waals surface area (Å²) in [5, 5.41) is 3.44. The molecule has 21 heavy (non-hydrogen) atoms. The van der Waals surface area contributed by atoms with E-state index in [1.807, 2.05) is 0 Å². The molecule has 116 valence electrons. The lowest BCUT2D eigenvalue weighted by Crippen LogP contribution is -2.69. The highest BCUT2D eigenvalue weighted by molar-refractivity contribution is 7.89. The summed E-state index contributed by atoms with van der Waals surface area (Å²) in [6.07, 6.45) is 1.00. The molecule has 1 aliphatic carbocycles. The molecule has 6 heteroatoms. The van der Waals surface area contributed by atoms with Gasteiger partial charge in [0, 0.05) is 12.1 Å². The maximum atomic E-state index is 12.5. The van der Waals surface area contributed by atoms with E-state index in [1.54, 1.807) is 0 Å². The third-order valence-corrected chi connectivity index (χ3v) is 6.43. The van der Waals surface area contributed by atoms with E-state index in [1.165, 1.54) is 24.3 Å². The normalized spacial score (nSPS) is 30.7. The molecule has 0 aromatic heterocycles. The van der Waals surface area contributed by atoms with Crippen LogP contribution in [0.1, 0.15) is 25.8 Å². The monoisotopic (exact) mass is 312 g/mol. The zero-order valence-corrected chi connectivity index (χ0v) is 13.1. The molecular formula is C15H21FN2O2S. The maximum Gasteiger partial charge on any atom is 0.240 e.